The average molecular weight is 293 g/mol. The normalized spacial score (nSPS) is 25.8. The quantitative estimate of drug-likeness (QED) is 0.848. The largest absolute Gasteiger partial charge is 0.493 e. The molecule has 3 nitrogen and oxygen atoms in total. The van der Waals surface area contributed by atoms with E-state index in [4.69, 9.17) is 9.47 Å². The summed E-state index contributed by atoms with van der Waals surface area (Å²) in [6.07, 6.45) is 3.96. The lowest BCUT2D eigenvalue weighted by Crippen LogP contribution is -2.26. The van der Waals surface area contributed by atoms with Crippen LogP contribution in [-0.4, -0.2) is 44.5 Å². The van der Waals surface area contributed by atoms with Crippen LogP contribution in [0.3, 0.4) is 0 Å². The molecule has 20 heavy (non-hydrogen) atoms. The number of likely N-dealkylation sites (tertiary alicyclic amines) is 1. The van der Waals surface area contributed by atoms with E-state index in [9.17, 15) is 0 Å². The van der Waals surface area contributed by atoms with Gasteiger partial charge < -0.3 is 14.4 Å². The summed E-state index contributed by atoms with van der Waals surface area (Å²) < 4.78 is 10.9. The first kappa shape index (κ1) is 14.1. The van der Waals surface area contributed by atoms with Gasteiger partial charge in [0.25, 0.3) is 0 Å². The van der Waals surface area contributed by atoms with Gasteiger partial charge in [-0.2, -0.15) is 0 Å². The zero-order chi connectivity index (χ0) is 14.1. The third-order valence-corrected chi connectivity index (χ3v) is 5.86. The van der Waals surface area contributed by atoms with Crippen molar-refractivity contribution in [2.24, 2.45) is 0 Å². The van der Waals surface area contributed by atoms with Gasteiger partial charge in [-0.05, 0) is 56.5 Å². The lowest BCUT2D eigenvalue weighted by molar-refractivity contribution is 0.286. The van der Waals surface area contributed by atoms with Crippen LogP contribution < -0.4 is 9.47 Å². The Morgan fingerprint density at radius 3 is 2.65 bits per heavy atom. The van der Waals surface area contributed by atoms with Gasteiger partial charge in [0.1, 0.15) is 0 Å². The molecule has 2 atom stereocenters. The van der Waals surface area contributed by atoms with Gasteiger partial charge in [-0.3, -0.25) is 0 Å². The van der Waals surface area contributed by atoms with Gasteiger partial charge >= 0.3 is 0 Å². The minimum Gasteiger partial charge on any atom is -0.493 e. The van der Waals surface area contributed by atoms with Gasteiger partial charge in [0.2, 0.25) is 0 Å². The SMILES string of the molecule is COc1cc2c(cc1OC)C(C[C@H]1CCCN1C)CS2. The van der Waals surface area contributed by atoms with Gasteiger partial charge in [-0.15, -0.1) is 11.8 Å². The molecule has 0 N–H and O–H groups in total. The van der Waals surface area contributed by atoms with Crippen molar-refractivity contribution in [1.82, 2.24) is 4.90 Å². The maximum atomic E-state index is 5.46. The van der Waals surface area contributed by atoms with Crippen molar-refractivity contribution >= 4 is 11.8 Å². The first-order valence-corrected chi connectivity index (χ1v) is 8.30. The molecule has 4 heteroatoms. The molecule has 1 aromatic carbocycles. The molecule has 2 aliphatic rings. The van der Waals surface area contributed by atoms with Crippen LogP contribution in [0.1, 0.15) is 30.7 Å². The first-order chi connectivity index (χ1) is 9.72. The van der Waals surface area contributed by atoms with Gasteiger partial charge in [-0.25, -0.2) is 0 Å². The van der Waals surface area contributed by atoms with E-state index in [-0.39, 0.29) is 0 Å². The van der Waals surface area contributed by atoms with Crippen LogP contribution in [0.4, 0.5) is 0 Å². The Morgan fingerprint density at radius 2 is 2.00 bits per heavy atom. The lowest BCUT2D eigenvalue weighted by Gasteiger charge is -2.23. The molecule has 0 spiro atoms. The first-order valence-electron chi connectivity index (χ1n) is 7.32. The van der Waals surface area contributed by atoms with Crippen molar-refractivity contribution < 1.29 is 9.47 Å². The Bertz CT molecular complexity index is 492. The van der Waals surface area contributed by atoms with Crippen molar-refractivity contribution in [2.75, 3.05) is 33.6 Å². The standard InChI is InChI=1S/C16H23NO2S/c1-17-6-4-5-12(17)7-11-10-20-16-9-15(19-3)14(18-2)8-13(11)16/h8-9,11-12H,4-7,10H2,1-3H3/t11?,12-/m1/s1. The maximum absolute atomic E-state index is 5.46. The molecule has 110 valence electrons. The molecular weight excluding hydrogens is 270 g/mol. The monoisotopic (exact) mass is 293 g/mol. The summed E-state index contributed by atoms with van der Waals surface area (Å²) in [5.74, 6) is 3.55. The van der Waals surface area contributed by atoms with Crippen LogP contribution in [0.5, 0.6) is 11.5 Å². The Balaban J connectivity index is 1.82. The Labute approximate surface area is 125 Å². The lowest BCUT2D eigenvalue weighted by atomic mass is 9.92. The van der Waals surface area contributed by atoms with E-state index < -0.39 is 0 Å². The topological polar surface area (TPSA) is 21.7 Å². The molecule has 1 aromatic rings. The van der Waals surface area contributed by atoms with Crippen molar-refractivity contribution in [1.29, 1.82) is 0 Å². The summed E-state index contributed by atoms with van der Waals surface area (Å²) in [6, 6.07) is 5.07. The number of methoxy groups -OCH3 is 2. The molecule has 2 heterocycles. The van der Waals surface area contributed by atoms with E-state index in [1.54, 1.807) is 14.2 Å². The third kappa shape index (κ3) is 2.51. The predicted molar refractivity (Wildman–Crippen MR) is 83.3 cm³/mol. The van der Waals surface area contributed by atoms with Crippen LogP contribution in [0, 0.1) is 0 Å². The molecule has 1 unspecified atom stereocenters. The van der Waals surface area contributed by atoms with Crippen LogP contribution in [0.25, 0.3) is 0 Å². The number of hydrogen-bond acceptors (Lipinski definition) is 4. The average Bonchev–Trinajstić information content (AvgIpc) is 3.05. The predicted octanol–water partition coefficient (Wildman–Crippen LogP) is 3.38. The summed E-state index contributed by atoms with van der Waals surface area (Å²) in [5, 5.41) is 0. The second-order valence-corrected chi connectivity index (χ2v) is 6.83. The number of nitrogens with zero attached hydrogens (tertiary/aromatic N) is 1. The van der Waals surface area contributed by atoms with Gasteiger partial charge in [-0.1, -0.05) is 0 Å². The van der Waals surface area contributed by atoms with E-state index in [1.807, 2.05) is 11.8 Å². The molecule has 0 radical (unpaired) electrons. The second-order valence-electron chi connectivity index (χ2n) is 5.77. The molecule has 1 saturated heterocycles. The maximum Gasteiger partial charge on any atom is 0.161 e. The highest BCUT2D eigenvalue weighted by atomic mass is 32.2. The molecule has 1 fully saturated rings. The molecule has 0 saturated carbocycles. The highest BCUT2D eigenvalue weighted by molar-refractivity contribution is 7.99. The summed E-state index contributed by atoms with van der Waals surface area (Å²) in [6.45, 7) is 1.25. The summed E-state index contributed by atoms with van der Waals surface area (Å²) in [5.41, 5.74) is 1.45. The Kier molecular flexibility index (Phi) is 4.13. The number of rotatable bonds is 4. The van der Waals surface area contributed by atoms with Gasteiger partial charge in [0.05, 0.1) is 14.2 Å². The fourth-order valence-electron chi connectivity index (χ4n) is 3.40. The zero-order valence-corrected chi connectivity index (χ0v) is 13.3. The number of benzene rings is 1. The molecule has 2 aliphatic heterocycles. The minimum absolute atomic E-state index is 0.653. The molecular formula is C16H23NO2S. The van der Waals surface area contributed by atoms with Gasteiger partial charge in [0.15, 0.2) is 11.5 Å². The van der Waals surface area contributed by atoms with Crippen molar-refractivity contribution in [3.63, 3.8) is 0 Å². The molecule has 0 aliphatic carbocycles. The van der Waals surface area contributed by atoms with E-state index in [0.717, 1.165) is 17.5 Å². The van der Waals surface area contributed by atoms with Gasteiger partial charge in [0, 0.05) is 16.7 Å². The molecule has 0 aromatic heterocycles. The molecule has 0 bridgehead atoms. The number of thioether (sulfide) groups is 1. The Morgan fingerprint density at radius 1 is 1.25 bits per heavy atom. The summed E-state index contributed by atoms with van der Waals surface area (Å²) in [7, 11) is 5.68. The fourth-order valence-corrected chi connectivity index (χ4v) is 4.68. The summed E-state index contributed by atoms with van der Waals surface area (Å²) in [4.78, 5) is 3.89. The van der Waals surface area contributed by atoms with E-state index in [0.29, 0.717) is 5.92 Å². The zero-order valence-electron chi connectivity index (χ0n) is 12.5. The van der Waals surface area contributed by atoms with Crippen molar-refractivity contribution in [3.05, 3.63) is 17.7 Å². The third-order valence-electron chi connectivity index (χ3n) is 4.62. The van der Waals surface area contributed by atoms with Crippen LogP contribution >= 0.6 is 11.8 Å². The van der Waals surface area contributed by atoms with Crippen LogP contribution in [0.15, 0.2) is 17.0 Å². The van der Waals surface area contributed by atoms with E-state index >= 15 is 0 Å². The van der Waals surface area contributed by atoms with E-state index in [1.165, 1.54) is 42.0 Å². The smallest absolute Gasteiger partial charge is 0.161 e. The van der Waals surface area contributed by atoms with E-state index in [2.05, 4.69) is 24.1 Å². The number of hydrogen-bond donors (Lipinski definition) is 0. The fraction of sp³-hybridized carbons (Fsp3) is 0.625. The molecule has 3 rings (SSSR count). The second kappa shape index (κ2) is 5.86. The summed E-state index contributed by atoms with van der Waals surface area (Å²) >= 11 is 1.96. The highest BCUT2D eigenvalue weighted by Gasteiger charge is 2.30. The van der Waals surface area contributed by atoms with Crippen LogP contribution in [-0.2, 0) is 0 Å². The van der Waals surface area contributed by atoms with Crippen LogP contribution in [0.2, 0.25) is 0 Å². The number of fused-ring (bicyclic) bond motifs is 1. The Hall–Kier alpha value is -0.870. The molecule has 0 amide bonds. The highest BCUT2D eigenvalue weighted by Crippen LogP contribution is 2.47. The van der Waals surface area contributed by atoms with Crippen molar-refractivity contribution in [3.8, 4) is 11.5 Å². The minimum atomic E-state index is 0.653. The van der Waals surface area contributed by atoms with Crippen molar-refractivity contribution in [2.45, 2.75) is 36.1 Å². The number of ether oxygens (including phenoxy) is 2.